The van der Waals surface area contributed by atoms with Crippen molar-refractivity contribution in [3.8, 4) is 0 Å². The van der Waals surface area contributed by atoms with Crippen molar-refractivity contribution < 1.29 is 27.6 Å². The first-order chi connectivity index (χ1) is 19.2. The molecule has 3 aliphatic rings. The summed E-state index contributed by atoms with van der Waals surface area (Å²) < 4.78 is 45.9. The number of benzene rings is 1. The smallest absolute Gasteiger partial charge is 0.321 e. The number of amides is 4. The summed E-state index contributed by atoms with van der Waals surface area (Å²) in [5.74, 6) is -4.57. The lowest BCUT2D eigenvalue weighted by molar-refractivity contribution is -0.122. The van der Waals surface area contributed by atoms with Gasteiger partial charge in [0, 0.05) is 50.1 Å². The molecule has 3 aromatic heterocycles. The second-order valence-corrected chi connectivity index (χ2v) is 10.3. The summed E-state index contributed by atoms with van der Waals surface area (Å²) in [6.45, 7) is 0.0382. The lowest BCUT2D eigenvalue weighted by Gasteiger charge is -2.35. The summed E-state index contributed by atoms with van der Waals surface area (Å²) in [5.41, 5.74) is 2.96. The van der Waals surface area contributed by atoms with Gasteiger partial charge in [-0.1, -0.05) is 18.2 Å². The van der Waals surface area contributed by atoms with Crippen LogP contribution in [0.15, 0.2) is 48.8 Å². The van der Waals surface area contributed by atoms with E-state index in [1.165, 1.54) is 26.6 Å². The molecule has 4 amide bonds. The zero-order chi connectivity index (χ0) is 27.8. The highest BCUT2D eigenvalue weighted by Gasteiger charge is 2.38. The molecule has 1 saturated heterocycles. The maximum absolute atomic E-state index is 15.5. The number of nitrogens with zero attached hydrogens (tertiary/aromatic N) is 5. The molecule has 3 aliphatic heterocycles. The van der Waals surface area contributed by atoms with Gasteiger partial charge < -0.3 is 9.80 Å². The van der Waals surface area contributed by atoms with Gasteiger partial charge in [-0.05, 0) is 29.7 Å². The third kappa shape index (κ3) is 3.69. The van der Waals surface area contributed by atoms with Crippen molar-refractivity contribution in [2.24, 2.45) is 0 Å². The first-order valence-corrected chi connectivity index (χ1v) is 13.0. The van der Waals surface area contributed by atoms with E-state index in [2.05, 4.69) is 10.3 Å². The predicted molar refractivity (Wildman–Crippen MR) is 139 cm³/mol. The molecular formula is C28H23F3N6O3. The Bertz CT molecular complexity index is 1780. The number of imidazole rings is 1. The number of carbonyl (C=O) groups excluding carboxylic acids is 3. The highest BCUT2D eigenvalue weighted by atomic mass is 19.3. The van der Waals surface area contributed by atoms with Gasteiger partial charge >= 0.3 is 6.03 Å². The van der Waals surface area contributed by atoms with Crippen LogP contribution in [-0.4, -0.2) is 67.2 Å². The molecule has 0 atom stereocenters. The van der Waals surface area contributed by atoms with E-state index in [4.69, 9.17) is 0 Å². The Morgan fingerprint density at radius 1 is 0.975 bits per heavy atom. The summed E-state index contributed by atoms with van der Waals surface area (Å²) in [5, 5.41) is 2.81. The Labute approximate surface area is 225 Å². The molecule has 6 heterocycles. The fourth-order valence-electron chi connectivity index (χ4n) is 5.93. The van der Waals surface area contributed by atoms with Gasteiger partial charge in [0.05, 0.1) is 28.6 Å². The second kappa shape index (κ2) is 8.70. The van der Waals surface area contributed by atoms with E-state index in [-0.39, 0.29) is 37.4 Å². The van der Waals surface area contributed by atoms with Crippen LogP contribution in [0.5, 0.6) is 0 Å². The minimum absolute atomic E-state index is 0.0631. The molecule has 0 spiro atoms. The number of imide groups is 1. The van der Waals surface area contributed by atoms with Gasteiger partial charge in [-0.25, -0.2) is 18.6 Å². The number of piperidine rings is 1. The number of alkyl halides is 2. The van der Waals surface area contributed by atoms with Crippen molar-refractivity contribution >= 4 is 45.5 Å². The van der Waals surface area contributed by atoms with E-state index in [0.717, 1.165) is 5.56 Å². The molecule has 1 aromatic carbocycles. The Morgan fingerprint density at radius 3 is 2.55 bits per heavy atom. The number of pyridine rings is 1. The molecule has 0 saturated carbocycles. The molecule has 0 bridgehead atoms. The minimum Gasteiger partial charge on any atom is -0.324 e. The molecule has 0 radical (unpaired) electrons. The molecule has 4 aromatic rings. The van der Waals surface area contributed by atoms with Gasteiger partial charge in [-0.2, -0.15) is 4.39 Å². The van der Waals surface area contributed by atoms with Crippen LogP contribution in [0.2, 0.25) is 0 Å². The number of rotatable bonds is 2. The average molecular weight is 549 g/mol. The normalized spacial score (nSPS) is 19.1. The van der Waals surface area contributed by atoms with Gasteiger partial charge in [-0.3, -0.25) is 23.9 Å². The number of fused-ring (bicyclic) bond motifs is 1. The fourth-order valence-corrected chi connectivity index (χ4v) is 5.93. The van der Waals surface area contributed by atoms with Crippen LogP contribution in [0, 0.1) is 5.95 Å². The zero-order valence-corrected chi connectivity index (χ0v) is 21.2. The number of likely N-dealkylation sites (tertiary alicyclic amines) is 1. The monoisotopic (exact) mass is 548 g/mol. The number of halogens is 3. The van der Waals surface area contributed by atoms with Crippen LogP contribution in [0.4, 0.5) is 18.0 Å². The van der Waals surface area contributed by atoms with Crippen molar-refractivity contribution in [1.29, 1.82) is 0 Å². The van der Waals surface area contributed by atoms with Crippen LogP contribution >= 0.6 is 0 Å². The number of hydrogen-bond donors (Lipinski definition) is 1. The first-order valence-electron chi connectivity index (χ1n) is 13.0. The van der Waals surface area contributed by atoms with Crippen LogP contribution < -0.4 is 5.32 Å². The standard InChI is InChI=1S/C28H23F3N6O3/c29-20-13-18-17(22-23(26(39)33-25(22)38)19-14-32-21-3-1-2-9-36(19)21)5-4-16-6-10-35(15-37(20)24(16)18)27(40)34-11-7-28(30,31)8-12-34/h1-5,9,13-14H,6-8,10-12,15H2,(H,33,38,39). The molecule has 1 fully saturated rings. The van der Waals surface area contributed by atoms with E-state index in [1.54, 1.807) is 34.9 Å². The highest BCUT2D eigenvalue weighted by Crippen LogP contribution is 2.38. The summed E-state index contributed by atoms with van der Waals surface area (Å²) in [6.07, 6.45) is 2.87. The SMILES string of the molecule is O=C1NC(=O)C(c2cnc3ccccn23)=C1c1ccc2c3c1cc(F)n3CN(C(=O)N1CCC(F)(F)CC1)CC2. The van der Waals surface area contributed by atoms with Gasteiger partial charge in [0.25, 0.3) is 17.7 Å². The third-order valence-corrected chi connectivity index (χ3v) is 7.96. The van der Waals surface area contributed by atoms with Crippen molar-refractivity contribution in [1.82, 2.24) is 29.1 Å². The molecule has 1 N–H and O–H groups in total. The Morgan fingerprint density at radius 2 is 1.75 bits per heavy atom. The topological polar surface area (TPSA) is 92.0 Å². The lowest BCUT2D eigenvalue weighted by Crippen LogP contribution is -2.49. The summed E-state index contributed by atoms with van der Waals surface area (Å²) in [7, 11) is 0. The van der Waals surface area contributed by atoms with E-state index in [0.29, 0.717) is 34.2 Å². The quantitative estimate of drug-likeness (QED) is 0.387. The van der Waals surface area contributed by atoms with Gasteiger partial charge in [0.1, 0.15) is 12.3 Å². The fraction of sp³-hybridized carbons (Fsp3) is 0.286. The minimum atomic E-state index is -2.79. The van der Waals surface area contributed by atoms with Crippen molar-refractivity contribution in [2.75, 3.05) is 19.6 Å². The van der Waals surface area contributed by atoms with Crippen molar-refractivity contribution in [3.63, 3.8) is 0 Å². The molecular weight excluding hydrogens is 525 g/mol. The molecule has 0 aliphatic carbocycles. The highest BCUT2D eigenvalue weighted by molar-refractivity contribution is 6.49. The Kier molecular flexibility index (Phi) is 5.31. The van der Waals surface area contributed by atoms with Crippen LogP contribution in [-0.2, 0) is 22.7 Å². The molecule has 40 heavy (non-hydrogen) atoms. The lowest BCUT2D eigenvalue weighted by atomic mass is 9.94. The molecule has 9 nitrogen and oxygen atoms in total. The molecule has 204 valence electrons. The van der Waals surface area contributed by atoms with E-state index < -0.39 is 42.6 Å². The van der Waals surface area contributed by atoms with Crippen molar-refractivity contribution in [2.45, 2.75) is 31.9 Å². The predicted octanol–water partition coefficient (Wildman–Crippen LogP) is 3.66. The zero-order valence-electron chi connectivity index (χ0n) is 21.2. The number of hydrogen-bond acceptors (Lipinski definition) is 4. The van der Waals surface area contributed by atoms with E-state index in [9.17, 15) is 23.2 Å². The van der Waals surface area contributed by atoms with Crippen molar-refractivity contribution in [3.05, 3.63) is 71.6 Å². The second-order valence-electron chi connectivity index (χ2n) is 10.3. The maximum atomic E-state index is 15.5. The summed E-state index contributed by atoms with van der Waals surface area (Å²) in [6, 6.07) is 9.74. The first kappa shape index (κ1) is 24.4. The van der Waals surface area contributed by atoms with E-state index >= 15 is 4.39 Å². The van der Waals surface area contributed by atoms with Gasteiger partial charge in [0.15, 0.2) is 5.95 Å². The number of urea groups is 1. The maximum Gasteiger partial charge on any atom is 0.321 e. The number of nitrogens with one attached hydrogen (secondary N) is 1. The van der Waals surface area contributed by atoms with Gasteiger partial charge in [-0.15, -0.1) is 0 Å². The summed E-state index contributed by atoms with van der Waals surface area (Å²) >= 11 is 0. The van der Waals surface area contributed by atoms with Gasteiger partial charge in [0.2, 0.25) is 0 Å². The number of carbonyl (C=O) groups is 3. The molecule has 0 unspecified atom stereocenters. The Balaban J connectivity index is 1.32. The summed E-state index contributed by atoms with van der Waals surface area (Å²) in [4.78, 5) is 46.6. The number of aromatic nitrogens is 3. The van der Waals surface area contributed by atoms with Crippen LogP contribution in [0.25, 0.3) is 27.7 Å². The molecule has 7 rings (SSSR count). The van der Waals surface area contributed by atoms with Crippen LogP contribution in [0.1, 0.15) is 29.7 Å². The Hall–Kier alpha value is -4.61. The van der Waals surface area contributed by atoms with E-state index in [1.807, 2.05) is 6.07 Å². The van der Waals surface area contributed by atoms with Crippen LogP contribution in [0.3, 0.4) is 0 Å². The molecule has 12 heteroatoms. The third-order valence-electron chi connectivity index (χ3n) is 7.96. The average Bonchev–Trinajstić information content (AvgIpc) is 3.53. The largest absolute Gasteiger partial charge is 0.324 e.